The van der Waals surface area contributed by atoms with E-state index in [1.165, 1.54) is 36.4 Å². The van der Waals surface area contributed by atoms with Crippen LogP contribution in [-0.2, 0) is 14.6 Å². The molecule has 3 aromatic rings. The smallest absolute Gasteiger partial charge is 0.233 e. The summed E-state index contributed by atoms with van der Waals surface area (Å²) in [6.45, 7) is 1.01. The van der Waals surface area contributed by atoms with Crippen molar-refractivity contribution >= 4 is 15.7 Å². The number of nitrogens with one attached hydrogen (secondary N) is 1. The number of rotatable bonds is 6. The van der Waals surface area contributed by atoms with Crippen LogP contribution in [-0.4, -0.2) is 32.7 Å². The van der Waals surface area contributed by atoms with E-state index in [1.807, 2.05) is 0 Å². The van der Waals surface area contributed by atoms with Gasteiger partial charge in [0.25, 0.3) is 0 Å². The van der Waals surface area contributed by atoms with Gasteiger partial charge < -0.3 is 14.5 Å². The van der Waals surface area contributed by atoms with Crippen LogP contribution in [0.15, 0.2) is 62.9 Å². The van der Waals surface area contributed by atoms with Gasteiger partial charge in [0.05, 0.1) is 11.0 Å². The summed E-state index contributed by atoms with van der Waals surface area (Å²) in [6, 6.07) is 9.81. The molecule has 0 saturated carbocycles. The van der Waals surface area contributed by atoms with Crippen molar-refractivity contribution in [3.63, 3.8) is 0 Å². The Hall–Kier alpha value is -2.78. The van der Waals surface area contributed by atoms with Crippen molar-refractivity contribution in [1.29, 1.82) is 0 Å². The molecule has 1 aliphatic rings. The zero-order chi connectivity index (χ0) is 20.4. The number of benzene rings is 2. The minimum absolute atomic E-state index is 0.0283. The first-order chi connectivity index (χ1) is 13.9. The van der Waals surface area contributed by atoms with E-state index in [1.54, 1.807) is 0 Å². The predicted octanol–water partition coefficient (Wildman–Crippen LogP) is 4.04. The van der Waals surface area contributed by atoms with E-state index in [9.17, 15) is 17.2 Å². The molecule has 1 aromatic heterocycles. The molecule has 152 valence electrons. The Balaban J connectivity index is 1.73. The second-order valence-corrected chi connectivity index (χ2v) is 8.50. The Kier molecular flexibility index (Phi) is 5.33. The third-order valence-electron chi connectivity index (χ3n) is 4.58. The number of halogens is 2. The van der Waals surface area contributed by atoms with Gasteiger partial charge in [0.1, 0.15) is 11.6 Å². The normalized spacial score (nSPS) is 16.8. The zero-order valence-corrected chi connectivity index (χ0v) is 16.1. The van der Waals surface area contributed by atoms with Crippen molar-refractivity contribution in [2.75, 3.05) is 18.5 Å². The molecule has 1 aliphatic heterocycles. The summed E-state index contributed by atoms with van der Waals surface area (Å²) >= 11 is 0. The van der Waals surface area contributed by atoms with Crippen LogP contribution < -0.4 is 5.32 Å². The van der Waals surface area contributed by atoms with Crippen molar-refractivity contribution < 1.29 is 26.4 Å². The summed E-state index contributed by atoms with van der Waals surface area (Å²) in [6.07, 6.45) is 1.73. The number of anilines is 1. The van der Waals surface area contributed by atoms with Crippen molar-refractivity contribution in [3.8, 4) is 11.5 Å². The Bertz CT molecular complexity index is 1090. The van der Waals surface area contributed by atoms with Crippen LogP contribution >= 0.6 is 0 Å². The van der Waals surface area contributed by atoms with E-state index in [-0.39, 0.29) is 27.8 Å². The summed E-state index contributed by atoms with van der Waals surface area (Å²) in [5.74, 6) is -0.992. The SMILES string of the molecule is O=S(=O)(c1ccc(F)cc1)c1nc(-c2ccc(F)cc2)oc1NC[C@@H]1CCCO1. The van der Waals surface area contributed by atoms with E-state index < -0.39 is 21.5 Å². The largest absolute Gasteiger partial charge is 0.419 e. The second-order valence-electron chi connectivity index (χ2n) is 6.63. The van der Waals surface area contributed by atoms with Crippen LogP contribution in [0.3, 0.4) is 0 Å². The summed E-state index contributed by atoms with van der Waals surface area (Å²) in [5, 5.41) is 2.64. The summed E-state index contributed by atoms with van der Waals surface area (Å²) in [7, 11) is -4.08. The van der Waals surface area contributed by atoms with E-state index >= 15 is 0 Å². The standard InChI is InChI=1S/C20H18F2N2O4S/c21-14-5-3-13(4-6-14)18-24-20(19(28-18)23-12-16-2-1-11-27-16)29(25,26)17-9-7-15(22)8-10-17/h3-10,16,23H,1-2,11-12H2/t16-/m0/s1. The van der Waals surface area contributed by atoms with Gasteiger partial charge in [0, 0.05) is 18.7 Å². The summed E-state index contributed by atoms with van der Waals surface area (Å²) in [4.78, 5) is 4.04. The second kappa shape index (κ2) is 7.92. The third kappa shape index (κ3) is 4.15. The minimum Gasteiger partial charge on any atom is -0.419 e. The van der Waals surface area contributed by atoms with Crippen molar-refractivity contribution in [2.24, 2.45) is 0 Å². The molecule has 0 amide bonds. The monoisotopic (exact) mass is 420 g/mol. The average molecular weight is 420 g/mol. The number of sulfone groups is 1. The molecule has 1 fully saturated rings. The van der Waals surface area contributed by atoms with Gasteiger partial charge in [0.2, 0.25) is 26.6 Å². The maximum Gasteiger partial charge on any atom is 0.233 e. The van der Waals surface area contributed by atoms with Crippen LogP contribution in [0.4, 0.5) is 14.7 Å². The lowest BCUT2D eigenvalue weighted by Gasteiger charge is -2.10. The van der Waals surface area contributed by atoms with Crippen LogP contribution in [0.1, 0.15) is 12.8 Å². The van der Waals surface area contributed by atoms with E-state index in [4.69, 9.17) is 9.15 Å². The Morgan fingerprint density at radius 1 is 1.03 bits per heavy atom. The lowest BCUT2D eigenvalue weighted by atomic mass is 10.2. The van der Waals surface area contributed by atoms with Crippen LogP contribution in [0.5, 0.6) is 0 Å². The number of aromatic nitrogens is 1. The highest BCUT2D eigenvalue weighted by Crippen LogP contribution is 2.32. The molecule has 1 saturated heterocycles. The molecule has 6 nitrogen and oxygen atoms in total. The molecule has 2 aromatic carbocycles. The fourth-order valence-corrected chi connectivity index (χ4v) is 4.33. The highest BCUT2D eigenvalue weighted by atomic mass is 32.2. The topological polar surface area (TPSA) is 81.4 Å². The molecule has 1 atom stereocenters. The van der Waals surface area contributed by atoms with Crippen molar-refractivity contribution in [1.82, 2.24) is 4.98 Å². The molecular formula is C20H18F2N2O4S. The number of oxazole rings is 1. The molecule has 2 heterocycles. The van der Waals surface area contributed by atoms with Gasteiger partial charge >= 0.3 is 0 Å². The van der Waals surface area contributed by atoms with Gasteiger partial charge in [-0.25, -0.2) is 17.2 Å². The molecule has 0 bridgehead atoms. The molecule has 0 radical (unpaired) electrons. The van der Waals surface area contributed by atoms with Crippen LogP contribution in [0.25, 0.3) is 11.5 Å². The lowest BCUT2D eigenvalue weighted by molar-refractivity contribution is 0.120. The molecule has 0 unspecified atom stereocenters. The fourth-order valence-electron chi connectivity index (χ4n) is 3.05. The zero-order valence-electron chi connectivity index (χ0n) is 15.3. The molecule has 0 spiro atoms. The van der Waals surface area contributed by atoms with Gasteiger partial charge in [-0.1, -0.05) is 0 Å². The maximum absolute atomic E-state index is 13.2. The maximum atomic E-state index is 13.2. The first kappa shape index (κ1) is 19.5. The van der Waals surface area contributed by atoms with Crippen LogP contribution in [0, 0.1) is 11.6 Å². The number of hydrogen-bond donors (Lipinski definition) is 1. The number of nitrogens with zero attached hydrogens (tertiary/aromatic N) is 1. The van der Waals surface area contributed by atoms with Crippen molar-refractivity contribution in [2.45, 2.75) is 28.9 Å². The Morgan fingerprint density at radius 3 is 2.31 bits per heavy atom. The van der Waals surface area contributed by atoms with Gasteiger partial charge in [-0.2, -0.15) is 4.98 Å². The minimum atomic E-state index is -4.08. The molecule has 1 N–H and O–H groups in total. The fraction of sp³-hybridized carbons (Fsp3) is 0.250. The molecule has 29 heavy (non-hydrogen) atoms. The first-order valence-corrected chi connectivity index (χ1v) is 10.5. The van der Waals surface area contributed by atoms with Crippen LogP contribution in [0.2, 0.25) is 0 Å². The van der Waals surface area contributed by atoms with E-state index in [0.717, 1.165) is 25.0 Å². The predicted molar refractivity (Wildman–Crippen MR) is 101 cm³/mol. The Labute approximate surface area is 166 Å². The average Bonchev–Trinajstić information content (AvgIpc) is 3.37. The quantitative estimate of drug-likeness (QED) is 0.606. The van der Waals surface area contributed by atoms with Gasteiger partial charge in [-0.05, 0) is 61.4 Å². The summed E-state index contributed by atoms with van der Waals surface area (Å²) < 4.78 is 63.8. The third-order valence-corrected chi connectivity index (χ3v) is 6.26. The van der Waals surface area contributed by atoms with Gasteiger partial charge in [0.15, 0.2) is 0 Å². The number of hydrogen-bond acceptors (Lipinski definition) is 6. The molecule has 9 heteroatoms. The van der Waals surface area contributed by atoms with Gasteiger partial charge in [-0.3, -0.25) is 0 Å². The highest BCUT2D eigenvalue weighted by Gasteiger charge is 2.29. The molecule has 4 rings (SSSR count). The summed E-state index contributed by atoms with van der Waals surface area (Å²) in [5.41, 5.74) is 0.423. The highest BCUT2D eigenvalue weighted by molar-refractivity contribution is 7.91. The molecular weight excluding hydrogens is 402 g/mol. The van der Waals surface area contributed by atoms with Gasteiger partial charge in [-0.15, -0.1) is 0 Å². The molecule has 0 aliphatic carbocycles. The first-order valence-electron chi connectivity index (χ1n) is 9.06. The lowest BCUT2D eigenvalue weighted by Crippen LogP contribution is -2.19. The van der Waals surface area contributed by atoms with E-state index in [2.05, 4.69) is 10.3 Å². The van der Waals surface area contributed by atoms with Crippen molar-refractivity contribution in [3.05, 3.63) is 60.2 Å². The number of ether oxygens (including phenoxy) is 1. The van der Waals surface area contributed by atoms with E-state index in [0.29, 0.717) is 18.7 Å². The Morgan fingerprint density at radius 2 is 1.69 bits per heavy atom.